The standard InChI is InChI=1S/C52H39N4O2.Pt/c1-52(2,3)36-28-29-53-48(30-36)56-44-26-15-27-46-49(44)50-45(56)32-39(33-47(50)58-46)57-38-21-13-20-37(31-38)54-42-24-11-12-25-43(42)55(4)51-40(34-16-7-5-8-17-34)22-14-23-41(51)35-18-9-6-10-19-35;/h5-30,33,54H,4H2,1-3H3;/q-3;. The van der Waals surface area contributed by atoms with Gasteiger partial charge in [0, 0.05) is 72.4 Å². The number of pyridine rings is 1. The van der Waals surface area contributed by atoms with Crippen molar-refractivity contribution in [3.8, 4) is 39.6 Å². The molecule has 6 nitrogen and oxygen atoms in total. The van der Waals surface area contributed by atoms with E-state index < -0.39 is 0 Å². The Morgan fingerprint density at radius 2 is 1.36 bits per heavy atom. The van der Waals surface area contributed by atoms with Crippen LogP contribution in [0.4, 0.5) is 22.7 Å². The Hall–Kier alpha value is -6.62. The number of hydrogen-bond acceptors (Lipinski definition) is 5. The van der Waals surface area contributed by atoms with E-state index in [1.807, 2.05) is 71.8 Å². The predicted octanol–water partition coefficient (Wildman–Crippen LogP) is 14.1. The summed E-state index contributed by atoms with van der Waals surface area (Å²) in [5.74, 6) is 1.87. The fourth-order valence-electron chi connectivity index (χ4n) is 7.91. The van der Waals surface area contributed by atoms with Gasteiger partial charge in [0.25, 0.3) is 0 Å². The Morgan fingerprint density at radius 3 is 2.08 bits per heavy atom. The molecule has 3 heterocycles. The second-order valence-electron chi connectivity index (χ2n) is 15.5. The number of nitrogens with zero attached hydrogens (tertiary/aromatic N) is 3. The summed E-state index contributed by atoms with van der Waals surface area (Å²) in [6, 6.07) is 60.6. The zero-order chi connectivity index (χ0) is 39.4. The molecule has 0 saturated heterocycles. The maximum Gasteiger partial charge on any atom is 0.135 e. The zero-order valence-electron chi connectivity index (χ0n) is 32.8. The summed E-state index contributed by atoms with van der Waals surface area (Å²) >= 11 is 0. The van der Waals surface area contributed by atoms with Gasteiger partial charge in [0.2, 0.25) is 0 Å². The first-order chi connectivity index (χ1) is 28.3. The molecule has 0 fully saturated rings. The molecule has 7 aromatic carbocycles. The van der Waals surface area contributed by atoms with Crippen molar-refractivity contribution in [1.29, 1.82) is 0 Å². The van der Waals surface area contributed by atoms with Crippen LogP contribution >= 0.6 is 0 Å². The fourth-order valence-corrected chi connectivity index (χ4v) is 7.91. The van der Waals surface area contributed by atoms with Crippen LogP contribution in [-0.2, 0) is 26.5 Å². The molecule has 10 aromatic rings. The normalized spacial score (nSPS) is 11.6. The van der Waals surface area contributed by atoms with Crippen molar-refractivity contribution in [1.82, 2.24) is 9.55 Å². The fraction of sp³-hybridized carbons (Fsp3) is 0.0769. The minimum Gasteiger partial charge on any atom is -0.509 e. The maximum absolute atomic E-state index is 6.55. The summed E-state index contributed by atoms with van der Waals surface area (Å²) in [6.07, 6.45) is 1.88. The van der Waals surface area contributed by atoms with Crippen LogP contribution in [-0.4, -0.2) is 9.55 Å². The number of furan rings is 1. The molecule has 0 amide bonds. The van der Waals surface area contributed by atoms with Crippen LogP contribution < -0.4 is 15.0 Å². The van der Waals surface area contributed by atoms with E-state index in [4.69, 9.17) is 14.1 Å². The van der Waals surface area contributed by atoms with E-state index in [-0.39, 0.29) is 26.5 Å². The Bertz CT molecular complexity index is 3020. The summed E-state index contributed by atoms with van der Waals surface area (Å²) in [6.45, 7) is 6.63. The number of rotatable bonds is 9. The quantitative estimate of drug-likeness (QED) is 0.146. The molecule has 292 valence electrons. The van der Waals surface area contributed by atoms with E-state index in [2.05, 4.69) is 147 Å². The van der Waals surface area contributed by atoms with E-state index in [1.165, 1.54) is 5.56 Å². The first-order valence-electron chi connectivity index (χ1n) is 19.4. The van der Waals surface area contributed by atoms with Gasteiger partial charge >= 0.3 is 0 Å². The molecule has 0 unspecified atom stereocenters. The third-order valence-electron chi connectivity index (χ3n) is 10.7. The van der Waals surface area contributed by atoms with Crippen LogP contribution in [0.15, 0.2) is 168 Å². The second-order valence-corrected chi connectivity index (χ2v) is 15.5. The molecule has 0 atom stereocenters. The minimum atomic E-state index is -0.0377. The third-order valence-corrected chi connectivity index (χ3v) is 10.7. The van der Waals surface area contributed by atoms with Crippen molar-refractivity contribution in [2.75, 3.05) is 10.2 Å². The molecule has 1 N–H and O–H groups in total. The monoisotopic (exact) mass is 946 g/mol. The van der Waals surface area contributed by atoms with Gasteiger partial charge in [-0.2, -0.15) is 6.07 Å². The van der Waals surface area contributed by atoms with Crippen molar-refractivity contribution in [2.24, 2.45) is 0 Å². The van der Waals surface area contributed by atoms with Gasteiger partial charge in [-0.3, -0.25) is 7.05 Å². The molecular formula is C52H39N4O2Pt-3. The Labute approximate surface area is 358 Å². The molecule has 0 aliphatic carbocycles. The van der Waals surface area contributed by atoms with Gasteiger partial charge < -0.3 is 23.9 Å². The first kappa shape index (κ1) is 37.9. The van der Waals surface area contributed by atoms with Gasteiger partial charge in [-0.1, -0.05) is 140 Å². The largest absolute Gasteiger partial charge is 0.509 e. The Kier molecular flexibility index (Phi) is 9.82. The van der Waals surface area contributed by atoms with Crippen LogP contribution in [0.2, 0.25) is 0 Å². The molecular weight excluding hydrogens is 908 g/mol. The van der Waals surface area contributed by atoms with Gasteiger partial charge in [0.05, 0.1) is 5.69 Å². The van der Waals surface area contributed by atoms with Gasteiger partial charge in [0.15, 0.2) is 0 Å². The van der Waals surface area contributed by atoms with Crippen molar-refractivity contribution in [3.63, 3.8) is 0 Å². The number of para-hydroxylation sites is 3. The topological polar surface area (TPSA) is 55.5 Å². The second kappa shape index (κ2) is 15.3. The molecule has 0 aliphatic rings. The van der Waals surface area contributed by atoms with E-state index in [0.29, 0.717) is 11.5 Å². The minimum absolute atomic E-state index is 0. The van der Waals surface area contributed by atoms with Crippen molar-refractivity contribution in [2.45, 2.75) is 26.2 Å². The predicted molar refractivity (Wildman–Crippen MR) is 237 cm³/mol. The summed E-state index contributed by atoms with van der Waals surface area (Å²) < 4.78 is 15.1. The van der Waals surface area contributed by atoms with E-state index in [0.717, 1.165) is 83.8 Å². The number of ether oxygens (including phenoxy) is 1. The van der Waals surface area contributed by atoms with E-state index >= 15 is 0 Å². The summed E-state index contributed by atoms with van der Waals surface area (Å²) in [7, 11) is 4.66. The molecule has 10 rings (SSSR count). The third kappa shape index (κ3) is 6.94. The molecule has 0 spiro atoms. The van der Waals surface area contributed by atoms with Gasteiger partial charge in [-0.05, 0) is 63.9 Å². The molecule has 3 aromatic heterocycles. The summed E-state index contributed by atoms with van der Waals surface area (Å²) in [5, 5.41) is 5.67. The molecule has 0 aliphatic heterocycles. The molecule has 0 bridgehead atoms. The average molecular weight is 947 g/mol. The Morgan fingerprint density at radius 1 is 0.678 bits per heavy atom. The van der Waals surface area contributed by atoms with E-state index in [1.54, 1.807) is 0 Å². The van der Waals surface area contributed by atoms with Crippen LogP contribution in [0, 0.1) is 19.2 Å². The SMILES string of the molecule is [CH2-]N(c1ccccc1Nc1[c-]c(Oc2[c-]c3c4c(c2)oc2cccc(c24)n3-c2cc(C(C)(C)C)ccn2)ccc1)c1c(-c2ccccc2)cccc1-c1ccccc1.[Pt]. The van der Waals surface area contributed by atoms with Crippen LogP contribution in [0.3, 0.4) is 0 Å². The number of anilines is 4. The summed E-state index contributed by atoms with van der Waals surface area (Å²) in [5.41, 5.74) is 12.5. The average Bonchev–Trinajstić information content (AvgIpc) is 3.80. The van der Waals surface area contributed by atoms with Crippen molar-refractivity contribution >= 4 is 55.7 Å². The van der Waals surface area contributed by atoms with Crippen molar-refractivity contribution in [3.05, 3.63) is 189 Å². The number of benzene rings is 7. The number of hydrogen-bond donors (Lipinski definition) is 1. The van der Waals surface area contributed by atoms with E-state index in [9.17, 15) is 0 Å². The van der Waals surface area contributed by atoms with Crippen LogP contribution in [0.1, 0.15) is 26.3 Å². The molecule has 0 saturated carbocycles. The van der Waals surface area contributed by atoms with Gasteiger partial charge in [-0.15, -0.1) is 24.3 Å². The molecule has 7 heteroatoms. The Balaban J connectivity index is 0.00000449. The molecule has 59 heavy (non-hydrogen) atoms. The number of aromatic nitrogens is 2. The van der Waals surface area contributed by atoms with Crippen LogP contribution in [0.5, 0.6) is 11.5 Å². The summed E-state index contributed by atoms with van der Waals surface area (Å²) in [4.78, 5) is 6.85. The van der Waals surface area contributed by atoms with Gasteiger partial charge in [-0.25, -0.2) is 4.98 Å². The first-order valence-corrected chi connectivity index (χ1v) is 19.4. The van der Waals surface area contributed by atoms with Crippen molar-refractivity contribution < 1.29 is 30.2 Å². The number of nitrogens with one attached hydrogen (secondary N) is 1. The molecule has 0 radical (unpaired) electrons. The zero-order valence-corrected chi connectivity index (χ0v) is 35.0. The van der Waals surface area contributed by atoms with Crippen LogP contribution in [0.25, 0.3) is 61.0 Å². The maximum atomic E-state index is 6.55. The smallest absolute Gasteiger partial charge is 0.135 e. The van der Waals surface area contributed by atoms with Gasteiger partial charge in [0.1, 0.15) is 11.4 Å².